The molecule has 0 bridgehead atoms. The zero-order valence-corrected chi connectivity index (χ0v) is 18.2. The van der Waals surface area contributed by atoms with E-state index < -0.39 is 0 Å². The number of benzene rings is 1. The number of hydrogen-bond acceptors (Lipinski definition) is 3. The van der Waals surface area contributed by atoms with E-state index in [1.807, 2.05) is 31.2 Å². The van der Waals surface area contributed by atoms with E-state index in [1.54, 1.807) is 19.0 Å². The molecule has 3 N–H and O–H groups in total. The van der Waals surface area contributed by atoms with Gasteiger partial charge in [-0.05, 0) is 55.7 Å². The van der Waals surface area contributed by atoms with E-state index in [1.165, 1.54) is 0 Å². The van der Waals surface area contributed by atoms with Gasteiger partial charge < -0.3 is 20.6 Å². The van der Waals surface area contributed by atoms with Crippen LogP contribution in [0.4, 0.5) is 0 Å². The Morgan fingerprint density at radius 3 is 2.46 bits per heavy atom. The monoisotopic (exact) mass is 390 g/mol. The highest BCUT2D eigenvalue weighted by Crippen LogP contribution is 2.30. The van der Waals surface area contributed by atoms with Gasteiger partial charge in [-0.25, -0.2) is 0 Å². The predicted octanol–water partition coefficient (Wildman–Crippen LogP) is 2.67. The number of carbonyl (C=O) groups is 1. The molecule has 1 rings (SSSR count). The number of aliphatic hydroxyl groups excluding tert-OH is 1. The number of carbonyl (C=O) groups excluding carboxylic acids is 1. The summed E-state index contributed by atoms with van der Waals surface area (Å²) in [4.78, 5) is 18.5. The summed E-state index contributed by atoms with van der Waals surface area (Å²) in [5.41, 5.74) is 1.88. The molecule has 0 aliphatic rings. The van der Waals surface area contributed by atoms with Gasteiger partial charge in [-0.15, -0.1) is 0 Å². The van der Waals surface area contributed by atoms with Crippen molar-refractivity contribution in [2.24, 2.45) is 10.4 Å². The van der Waals surface area contributed by atoms with Crippen molar-refractivity contribution in [3.05, 3.63) is 35.4 Å². The molecule has 0 fully saturated rings. The van der Waals surface area contributed by atoms with Crippen molar-refractivity contribution >= 4 is 11.9 Å². The molecule has 0 radical (unpaired) electrons. The fourth-order valence-electron chi connectivity index (χ4n) is 3.18. The molecule has 1 aromatic rings. The van der Waals surface area contributed by atoms with Gasteiger partial charge >= 0.3 is 0 Å². The molecule has 0 atom stereocenters. The molecule has 1 aromatic carbocycles. The average Bonchev–Trinajstić information content (AvgIpc) is 2.70. The highest BCUT2D eigenvalue weighted by molar-refractivity contribution is 5.94. The van der Waals surface area contributed by atoms with Crippen LogP contribution in [0.3, 0.4) is 0 Å². The first-order valence-electron chi connectivity index (χ1n) is 10.3. The summed E-state index contributed by atoms with van der Waals surface area (Å²) in [6, 6.07) is 7.77. The van der Waals surface area contributed by atoms with Crippen molar-refractivity contribution in [3.8, 4) is 0 Å². The van der Waals surface area contributed by atoms with E-state index in [4.69, 9.17) is 4.99 Å². The van der Waals surface area contributed by atoms with Crippen LogP contribution < -0.4 is 10.6 Å². The van der Waals surface area contributed by atoms with E-state index in [2.05, 4.69) is 24.5 Å². The molecule has 0 aliphatic heterocycles. The topological polar surface area (TPSA) is 77.0 Å². The van der Waals surface area contributed by atoms with Crippen LogP contribution in [0, 0.1) is 5.41 Å². The molecule has 0 saturated heterocycles. The summed E-state index contributed by atoms with van der Waals surface area (Å²) >= 11 is 0. The van der Waals surface area contributed by atoms with Crippen LogP contribution in [0.2, 0.25) is 0 Å². The van der Waals surface area contributed by atoms with Crippen molar-refractivity contribution < 1.29 is 9.90 Å². The van der Waals surface area contributed by atoms with Crippen LogP contribution in [-0.2, 0) is 6.42 Å². The minimum atomic E-state index is 0.0177. The van der Waals surface area contributed by atoms with Gasteiger partial charge in [0.25, 0.3) is 5.91 Å². The van der Waals surface area contributed by atoms with Crippen LogP contribution in [0.5, 0.6) is 0 Å². The second-order valence-electron chi connectivity index (χ2n) is 7.45. The zero-order chi connectivity index (χ0) is 21.0. The molecule has 0 aliphatic carbocycles. The normalized spacial score (nSPS) is 12.0. The van der Waals surface area contributed by atoms with Gasteiger partial charge in [0.2, 0.25) is 0 Å². The van der Waals surface area contributed by atoms with Crippen LogP contribution in [0.25, 0.3) is 0 Å². The Kier molecular flexibility index (Phi) is 10.6. The zero-order valence-electron chi connectivity index (χ0n) is 18.2. The highest BCUT2D eigenvalue weighted by Gasteiger charge is 2.25. The van der Waals surface area contributed by atoms with Gasteiger partial charge in [0.1, 0.15) is 0 Å². The van der Waals surface area contributed by atoms with Crippen LogP contribution in [0.15, 0.2) is 29.3 Å². The van der Waals surface area contributed by atoms with Gasteiger partial charge in [0.15, 0.2) is 5.96 Å². The quantitative estimate of drug-likeness (QED) is 0.401. The molecule has 0 spiro atoms. The molecule has 0 heterocycles. The summed E-state index contributed by atoms with van der Waals surface area (Å²) in [7, 11) is 3.53. The molecular weight excluding hydrogens is 352 g/mol. The Hall–Kier alpha value is -2.08. The lowest BCUT2D eigenvalue weighted by molar-refractivity contribution is 0.0827. The van der Waals surface area contributed by atoms with Gasteiger partial charge in [-0.3, -0.25) is 9.79 Å². The highest BCUT2D eigenvalue weighted by atomic mass is 16.3. The predicted molar refractivity (Wildman–Crippen MR) is 117 cm³/mol. The standard InChI is InChI=1S/C22H38N4O2/c1-6-22(7-2,13-15-27)17-25-21(23-8-3)24-14-12-18-10-9-11-19(16-18)20(28)26(4)5/h9-11,16,27H,6-8,12-15,17H2,1-5H3,(H2,23,24,25). The number of aliphatic imine (C=N–C) groups is 1. The van der Waals surface area contributed by atoms with E-state index >= 15 is 0 Å². The van der Waals surface area contributed by atoms with Crippen molar-refractivity contribution in [2.75, 3.05) is 40.3 Å². The molecule has 0 aromatic heterocycles. The van der Waals surface area contributed by atoms with E-state index in [9.17, 15) is 9.90 Å². The third-order valence-electron chi connectivity index (χ3n) is 5.35. The molecule has 6 heteroatoms. The van der Waals surface area contributed by atoms with Crippen LogP contribution in [-0.4, -0.2) is 62.2 Å². The first kappa shape index (κ1) is 24.0. The van der Waals surface area contributed by atoms with Crippen molar-refractivity contribution in [1.29, 1.82) is 0 Å². The molecule has 0 unspecified atom stereocenters. The second kappa shape index (κ2) is 12.4. The summed E-state index contributed by atoms with van der Waals surface area (Å²) in [5.74, 6) is 0.816. The Balaban J connectivity index is 2.71. The lowest BCUT2D eigenvalue weighted by Crippen LogP contribution is -2.39. The minimum absolute atomic E-state index is 0.0177. The smallest absolute Gasteiger partial charge is 0.253 e. The summed E-state index contributed by atoms with van der Waals surface area (Å²) in [6.45, 7) is 8.80. The Morgan fingerprint density at radius 1 is 1.18 bits per heavy atom. The third kappa shape index (κ3) is 7.50. The van der Waals surface area contributed by atoms with Crippen LogP contribution in [0.1, 0.15) is 56.0 Å². The van der Waals surface area contributed by atoms with E-state index in [0.29, 0.717) is 12.1 Å². The lowest BCUT2D eigenvalue weighted by atomic mass is 9.79. The molecule has 28 heavy (non-hydrogen) atoms. The number of rotatable bonds is 11. The third-order valence-corrected chi connectivity index (χ3v) is 5.35. The number of aliphatic hydroxyl groups is 1. The first-order valence-corrected chi connectivity index (χ1v) is 10.3. The van der Waals surface area contributed by atoms with Crippen molar-refractivity contribution in [3.63, 3.8) is 0 Å². The van der Waals surface area contributed by atoms with E-state index in [0.717, 1.165) is 50.3 Å². The number of nitrogens with zero attached hydrogens (tertiary/aromatic N) is 2. The maximum atomic E-state index is 12.1. The summed E-state index contributed by atoms with van der Waals surface area (Å²) in [6.07, 6.45) is 3.58. The van der Waals surface area contributed by atoms with Crippen molar-refractivity contribution in [1.82, 2.24) is 15.5 Å². The van der Waals surface area contributed by atoms with Gasteiger partial charge in [-0.2, -0.15) is 0 Å². The molecule has 1 amide bonds. The first-order chi connectivity index (χ1) is 13.4. The maximum Gasteiger partial charge on any atom is 0.253 e. The lowest BCUT2D eigenvalue weighted by Gasteiger charge is -2.29. The average molecular weight is 391 g/mol. The summed E-state index contributed by atoms with van der Waals surface area (Å²) in [5, 5.41) is 16.1. The van der Waals surface area contributed by atoms with E-state index in [-0.39, 0.29) is 17.9 Å². The van der Waals surface area contributed by atoms with Gasteiger partial charge in [0.05, 0.1) is 0 Å². The molecule has 158 valence electrons. The molecule has 6 nitrogen and oxygen atoms in total. The fraction of sp³-hybridized carbons (Fsp3) is 0.636. The molecule has 0 saturated carbocycles. The summed E-state index contributed by atoms with van der Waals surface area (Å²) < 4.78 is 0. The Morgan fingerprint density at radius 2 is 1.89 bits per heavy atom. The SMILES string of the molecule is CCNC(=NCC(CC)(CC)CCO)NCCc1cccc(C(=O)N(C)C)c1. The van der Waals surface area contributed by atoms with Crippen molar-refractivity contribution in [2.45, 2.75) is 46.5 Å². The number of hydrogen-bond donors (Lipinski definition) is 3. The van der Waals surface area contributed by atoms with Crippen LogP contribution >= 0.6 is 0 Å². The number of guanidine groups is 1. The maximum absolute atomic E-state index is 12.1. The molecular formula is C22H38N4O2. The largest absolute Gasteiger partial charge is 0.396 e. The number of amides is 1. The van der Waals surface area contributed by atoms with Gasteiger partial charge in [0, 0.05) is 45.9 Å². The second-order valence-corrected chi connectivity index (χ2v) is 7.45. The minimum Gasteiger partial charge on any atom is -0.396 e. The Labute approximate surface area is 170 Å². The number of nitrogens with one attached hydrogen (secondary N) is 2. The van der Waals surface area contributed by atoms with Gasteiger partial charge in [-0.1, -0.05) is 26.0 Å². The fourth-order valence-corrected chi connectivity index (χ4v) is 3.18. The Bertz CT molecular complexity index is 625.